The van der Waals surface area contributed by atoms with Crippen molar-refractivity contribution in [2.75, 3.05) is 34.4 Å². The predicted molar refractivity (Wildman–Crippen MR) is 109 cm³/mol. The van der Waals surface area contributed by atoms with E-state index in [1.165, 1.54) is 96.4 Å². The van der Waals surface area contributed by atoms with E-state index in [4.69, 9.17) is 4.74 Å². The summed E-state index contributed by atoms with van der Waals surface area (Å²) < 4.78 is 5.67. The maximum absolute atomic E-state index is 5.67. The third kappa shape index (κ3) is 13.2. The number of rotatable bonds is 18. The lowest BCUT2D eigenvalue weighted by atomic mass is 9.78. The summed E-state index contributed by atoms with van der Waals surface area (Å²) in [6, 6.07) is 0. The molecule has 0 fully saturated rings. The van der Waals surface area contributed by atoms with Crippen LogP contribution in [0.4, 0.5) is 0 Å². The number of methoxy groups -OCH3 is 1. The van der Waals surface area contributed by atoms with Crippen molar-refractivity contribution in [1.82, 2.24) is 4.90 Å². The van der Waals surface area contributed by atoms with E-state index < -0.39 is 0 Å². The van der Waals surface area contributed by atoms with Crippen LogP contribution in [0.15, 0.2) is 0 Å². The first-order valence-corrected chi connectivity index (χ1v) is 10.7. The summed E-state index contributed by atoms with van der Waals surface area (Å²) in [6.45, 7) is 6.68. The molecule has 0 N–H and O–H groups in total. The van der Waals surface area contributed by atoms with E-state index in [-0.39, 0.29) is 0 Å². The minimum atomic E-state index is 0.369. The Labute approximate surface area is 153 Å². The first-order valence-electron chi connectivity index (χ1n) is 10.7. The molecule has 0 aromatic carbocycles. The van der Waals surface area contributed by atoms with E-state index >= 15 is 0 Å². The summed E-state index contributed by atoms with van der Waals surface area (Å²) in [5.41, 5.74) is 0.369. The Kier molecular flexibility index (Phi) is 16.3. The van der Waals surface area contributed by atoms with E-state index in [9.17, 15) is 0 Å². The minimum absolute atomic E-state index is 0.369. The Morgan fingerprint density at radius 2 is 1.08 bits per heavy atom. The Morgan fingerprint density at radius 3 is 1.46 bits per heavy atom. The molecule has 0 aromatic rings. The fraction of sp³-hybridized carbons (Fsp3) is 1.00. The first-order chi connectivity index (χ1) is 11.6. The standard InChI is InChI=1S/C22H47NO/c1-6-8-10-12-14-16-18-22(21-24-5,20-23(3)4)19-17-15-13-11-9-7-2/h6-21H2,1-5H3. The van der Waals surface area contributed by atoms with E-state index in [1.807, 2.05) is 7.11 Å². The predicted octanol–water partition coefficient (Wildman–Crippen LogP) is 6.68. The third-order valence-corrected chi connectivity index (χ3v) is 5.22. The number of ether oxygens (including phenoxy) is 1. The SMILES string of the molecule is CCCCCCCCC(CCCCCCCC)(COC)CN(C)C. The smallest absolute Gasteiger partial charge is 0.0530 e. The molecule has 0 amide bonds. The zero-order valence-corrected chi connectivity index (χ0v) is 17.7. The number of hydrogen-bond acceptors (Lipinski definition) is 2. The van der Waals surface area contributed by atoms with Crippen LogP contribution in [0.5, 0.6) is 0 Å². The van der Waals surface area contributed by atoms with Gasteiger partial charge in [0.25, 0.3) is 0 Å². The Balaban J connectivity index is 4.29. The third-order valence-electron chi connectivity index (χ3n) is 5.22. The molecular weight excluding hydrogens is 294 g/mol. The molecule has 0 heterocycles. The summed E-state index contributed by atoms with van der Waals surface area (Å²) in [5.74, 6) is 0. The molecule has 2 nitrogen and oxygen atoms in total. The molecular formula is C22H47NO. The van der Waals surface area contributed by atoms with Gasteiger partial charge in [-0.1, -0.05) is 90.9 Å². The molecule has 0 aliphatic heterocycles. The van der Waals surface area contributed by atoms with Crippen molar-refractivity contribution in [3.05, 3.63) is 0 Å². The van der Waals surface area contributed by atoms with Crippen LogP contribution in [0.2, 0.25) is 0 Å². The highest BCUT2D eigenvalue weighted by molar-refractivity contribution is 4.82. The molecule has 24 heavy (non-hydrogen) atoms. The average molecular weight is 342 g/mol. The van der Waals surface area contributed by atoms with Crippen molar-refractivity contribution in [2.45, 2.75) is 104 Å². The monoisotopic (exact) mass is 341 g/mol. The average Bonchev–Trinajstić information content (AvgIpc) is 2.54. The van der Waals surface area contributed by atoms with Gasteiger partial charge in [-0.2, -0.15) is 0 Å². The van der Waals surface area contributed by atoms with Gasteiger partial charge in [-0.15, -0.1) is 0 Å². The van der Waals surface area contributed by atoms with Gasteiger partial charge in [-0.05, 0) is 26.9 Å². The van der Waals surface area contributed by atoms with Gasteiger partial charge in [0.05, 0.1) is 6.61 Å². The van der Waals surface area contributed by atoms with Crippen LogP contribution in [0.25, 0.3) is 0 Å². The highest BCUT2D eigenvalue weighted by Gasteiger charge is 2.29. The molecule has 146 valence electrons. The van der Waals surface area contributed by atoms with Crippen molar-refractivity contribution < 1.29 is 4.74 Å². The molecule has 0 saturated heterocycles. The van der Waals surface area contributed by atoms with Crippen molar-refractivity contribution >= 4 is 0 Å². The van der Waals surface area contributed by atoms with Gasteiger partial charge in [-0.3, -0.25) is 0 Å². The Morgan fingerprint density at radius 1 is 0.667 bits per heavy atom. The minimum Gasteiger partial charge on any atom is -0.384 e. The van der Waals surface area contributed by atoms with Gasteiger partial charge < -0.3 is 9.64 Å². The van der Waals surface area contributed by atoms with Gasteiger partial charge in [-0.25, -0.2) is 0 Å². The number of hydrogen-bond donors (Lipinski definition) is 0. The summed E-state index contributed by atoms with van der Waals surface area (Å²) in [4.78, 5) is 2.37. The fourth-order valence-corrected chi connectivity index (χ4v) is 4.01. The second-order valence-electron chi connectivity index (χ2n) is 8.21. The van der Waals surface area contributed by atoms with Crippen LogP contribution in [0, 0.1) is 5.41 Å². The van der Waals surface area contributed by atoms with Gasteiger partial charge in [0, 0.05) is 19.1 Å². The van der Waals surface area contributed by atoms with Crippen LogP contribution in [-0.4, -0.2) is 39.3 Å². The lowest BCUT2D eigenvalue weighted by Gasteiger charge is -2.36. The molecule has 0 aromatic heterocycles. The van der Waals surface area contributed by atoms with Crippen LogP contribution in [-0.2, 0) is 4.74 Å². The van der Waals surface area contributed by atoms with E-state index in [0.717, 1.165) is 6.61 Å². The molecule has 0 radical (unpaired) electrons. The van der Waals surface area contributed by atoms with E-state index in [0.29, 0.717) is 5.41 Å². The summed E-state index contributed by atoms with van der Waals surface area (Å²) in [5, 5.41) is 0. The zero-order chi connectivity index (χ0) is 18.1. The fourth-order valence-electron chi connectivity index (χ4n) is 4.01. The van der Waals surface area contributed by atoms with E-state index in [2.05, 4.69) is 32.8 Å². The Bertz CT molecular complexity index is 236. The summed E-state index contributed by atoms with van der Waals surface area (Å²) in [6.07, 6.45) is 19.3. The molecule has 0 rings (SSSR count). The van der Waals surface area contributed by atoms with Crippen LogP contribution in [0.1, 0.15) is 104 Å². The molecule has 2 heteroatoms. The van der Waals surface area contributed by atoms with Crippen LogP contribution >= 0.6 is 0 Å². The zero-order valence-electron chi connectivity index (χ0n) is 17.7. The molecule has 0 saturated carbocycles. The van der Waals surface area contributed by atoms with Crippen LogP contribution < -0.4 is 0 Å². The van der Waals surface area contributed by atoms with Gasteiger partial charge in [0.2, 0.25) is 0 Å². The van der Waals surface area contributed by atoms with Crippen molar-refractivity contribution in [3.63, 3.8) is 0 Å². The maximum Gasteiger partial charge on any atom is 0.0530 e. The second kappa shape index (κ2) is 16.4. The number of nitrogens with zero attached hydrogens (tertiary/aromatic N) is 1. The topological polar surface area (TPSA) is 12.5 Å². The first kappa shape index (κ1) is 23.9. The quantitative estimate of drug-likeness (QED) is 0.258. The van der Waals surface area contributed by atoms with E-state index in [1.54, 1.807) is 0 Å². The highest BCUT2D eigenvalue weighted by Crippen LogP contribution is 2.33. The second-order valence-corrected chi connectivity index (χ2v) is 8.21. The lowest BCUT2D eigenvalue weighted by molar-refractivity contribution is 0.0395. The van der Waals surface area contributed by atoms with Gasteiger partial charge >= 0.3 is 0 Å². The summed E-state index contributed by atoms with van der Waals surface area (Å²) in [7, 11) is 6.31. The van der Waals surface area contributed by atoms with Gasteiger partial charge in [0.15, 0.2) is 0 Å². The molecule has 0 bridgehead atoms. The Hall–Kier alpha value is -0.0800. The van der Waals surface area contributed by atoms with Crippen molar-refractivity contribution in [1.29, 1.82) is 0 Å². The highest BCUT2D eigenvalue weighted by atomic mass is 16.5. The molecule has 0 aliphatic rings. The molecule has 0 unspecified atom stereocenters. The molecule has 0 spiro atoms. The van der Waals surface area contributed by atoms with Crippen LogP contribution in [0.3, 0.4) is 0 Å². The van der Waals surface area contributed by atoms with Crippen molar-refractivity contribution in [2.24, 2.45) is 5.41 Å². The molecule has 0 aliphatic carbocycles. The normalized spacial score (nSPS) is 12.2. The largest absolute Gasteiger partial charge is 0.384 e. The van der Waals surface area contributed by atoms with Gasteiger partial charge in [0.1, 0.15) is 0 Å². The lowest BCUT2D eigenvalue weighted by Crippen LogP contribution is -2.37. The van der Waals surface area contributed by atoms with Crippen molar-refractivity contribution in [3.8, 4) is 0 Å². The molecule has 0 atom stereocenters. The maximum atomic E-state index is 5.67. The summed E-state index contributed by atoms with van der Waals surface area (Å²) >= 11 is 0. The number of unbranched alkanes of at least 4 members (excludes halogenated alkanes) is 10.